The third-order valence-corrected chi connectivity index (χ3v) is 3.28. The van der Waals surface area contributed by atoms with E-state index < -0.39 is 0 Å². The van der Waals surface area contributed by atoms with Crippen molar-refractivity contribution in [3.63, 3.8) is 0 Å². The summed E-state index contributed by atoms with van der Waals surface area (Å²) in [5.41, 5.74) is 3.38. The van der Waals surface area contributed by atoms with E-state index in [9.17, 15) is 4.39 Å². The summed E-state index contributed by atoms with van der Waals surface area (Å²) < 4.78 is 9.50. The van der Waals surface area contributed by atoms with E-state index in [1.54, 1.807) is 0 Å². The molecule has 18 heavy (non-hydrogen) atoms. The van der Waals surface area contributed by atoms with Gasteiger partial charge in [-0.2, -0.15) is 0 Å². The molecule has 3 heteroatoms. The third kappa shape index (κ3) is 3.42. The van der Waals surface area contributed by atoms with Crippen LogP contribution < -0.4 is 0 Å². The van der Waals surface area contributed by atoms with Crippen LogP contribution in [0.1, 0.15) is 30.9 Å². The van der Waals surface area contributed by atoms with Gasteiger partial charge in [-0.25, -0.2) is 0 Å². The lowest BCUT2D eigenvalue weighted by molar-refractivity contribution is 0.636. The van der Waals surface area contributed by atoms with Crippen LogP contribution in [0.5, 0.6) is 0 Å². The van der Waals surface area contributed by atoms with Crippen molar-refractivity contribution in [1.82, 2.24) is 4.98 Å². The van der Waals surface area contributed by atoms with Crippen molar-refractivity contribution in [2.24, 2.45) is 0 Å². The van der Waals surface area contributed by atoms with E-state index in [2.05, 4.69) is 31.0 Å². The second-order valence-electron chi connectivity index (χ2n) is 4.22. The summed E-state index contributed by atoms with van der Waals surface area (Å²) in [6, 6.07) is 6.21. The molecule has 0 fully saturated rings. The SMILES string of the molecule is CCCCc1cnc2ccc(C)cc2c1Cl.CF. The highest BCUT2D eigenvalue weighted by atomic mass is 35.5. The summed E-state index contributed by atoms with van der Waals surface area (Å²) in [4.78, 5) is 4.45. The molecule has 0 aliphatic carbocycles. The molecule has 0 aliphatic rings. The van der Waals surface area contributed by atoms with Crippen LogP contribution in [-0.4, -0.2) is 12.2 Å². The van der Waals surface area contributed by atoms with Gasteiger partial charge in [0.15, 0.2) is 0 Å². The van der Waals surface area contributed by atoms with E-state index in [0.717, 1.165) is 22.3 Å². The first-order chi connectivity index (χ1) is 8.72. The summed E-state index contributed by atoms with van der Waals surface area (Å²) >= 11 is 6.41. The minimum atomic E-state index is 0.500. The van der Waals surface area contributed by atoms with Crippen LogP contribution in [0.3, 0.4) is 0 Å². The minimum absolute atomic E-state index is 0.500. The van der Waals surface area contributed by atoms with Crippen molar-refractivity contribution in [2.45, 2.75) is 33.1 Å². The van der Waals surface area contributed by atoms with E-state index in [-0.39, 0.29) is 0 Å². The normalized spacial score (nSPS) is 10.1. The maximum Gasteiger partial charge on any atom is 0.0785 e. The fraction of sp³-hybridized carbons (Fsp3) is 0.400. The van der Waals surface area contributed by atoms with E-state index in [1.165, 1.54) is 24.0 Å². The van der Waals surface area contributed by atoms with Gasteiger partial charge in [-0.3, -0.25) is 9.37 Å². The first-order valence-electron chi connectivity index (χ1n) is 6.14. The Balaban J connectivity index is 0.000000771. The maximum atomic E-state index is 9.50. The van der Waals surface area contributed by atoms with Crippen molar-refractivity contribution >= 4 is 22.5 Å². The van der Waals surface area contributed by atoms with Crippen molar-refractivity contribution in [2.75, 3.05) is 7.18 Å². The number of unbranched alkanes of at least 4 members (excludes halogenated alkanes) is 1. The summed E-state index contributed by atoms with van der Waals surface area (Å²) in [6.07, 6.45) is 5.28. The topological polar surface area (TPSA) is 12.9 Å². The predicted molar refractivity (Wildman–Crippen MR) is 77.1 cm³/mol. The molecule has 0 saturated heterocycles. The summed E-state index contributed by atoms with van der Waals surface area (Å²) in [7, 11) is 0.500. The van der Waals surface area contributed by atoms with Gasteiger partial charge in [0, 0.05) is 11.6 Å². The first kappa shape index (κ1) is 14.9. The number of nitrogens with zero attached hydrogens (tertiary/aromatic N) is 1. The fourth-order valence-corrected chi connectivity index (χ4v) is 2.15. The van der Waals surface area contributed by atoms with Crippen molar-refractivity contribution in [3.8, 4) is 0 Å². The predicted octanol–water partition coefficient (Wildman–Crippen LogP) is 5.12. The van der Waals surface area contributed by atoms with Crippen LogP contribution >= 0.6 is 11.6 Å². The Labute approximate surface area is 113 Å². The Morgan fingerprint density at radius 1 is 1.28 bits per heavy atom. The number of hydrogen-bond donors (Lipinski definition) is 0. The van der Waals surface area contributed by atoms with Gasteiger partial charge >= 0.3 is 0 Å². The lowest BCUT2D eigenvalue weighted by Gasteiger charge is -2.07. The fourth-order valence-electron chi connectivity index (χ4n) is 1.86. The molecule has 1 heterocycles. The smallest absolute Gasteiger partial charge is 0.0785 e. The maximum absolute atomic E-state index is 9.50. The molecular formula is C15H19ClFN. The Hall–Kier alpha value is -1.15. The van der Waals surface area contributed by atoms with E-state index in [4.69, 9.17) is 11.6 Å². The zero-order chi connectivity index (χ0) is 13.5. The summed E-state index contributed by atoms with van der Waals surface area (Å²) in [5, 5.41) is 1.96. The number of hydrogen-bond acceptors (Lipinski definition) is 1. The Morgan fingerprint density at radius 2 is 2.00 bits per heavy atom. The van der Waals surface area contributed by atoms with Crippen LogP contribution in [0, 0.1) is 6.92 Å². The zero-order valence-corrected chi connectivity index (χ0v) is 11.9. The van der Waals surface area contributed by atoms with Crippen LogP contribution in [0.25, 0.3) is 10.9 Å². The number of benzene rings is 1. The molecule has 0 spiro atoms. The molecule has 0 aliphatic heterocycles. The van der Waals surface area contributed by atoms with Crippen molar-refractivity contribution < 1.29 is 4.39 Å². The lowest BCUT2D eigenvalue weighted by atomic mass is 10.1. The van der Waals surface area contributed by atoms with E-state index in [1.807, 2.05) is 12.3 Å². The van der Waals surface area contributed by atoms with Gasteiger partial charge in [0.1, 0.15) is 0 Å². The highest BCUT2D eigenvalue weighted by Crippen LogP contribution is 2.27. The zero-order valence-electron chi connectivity index (χ0n) is 11.1. The molecule has 2 rings (SSSR count). The number of fused-ring (bicyclic) bond motifs is 1. The van der Waals surface area contributed by atoms with Crippen LogP contribution in [0.2, 0.25) is 5.02 Å². The number of rotatable bonds is 3. The molecule has 0 amide bonds. The lowest BCUT2D eigenvalue weighted by Crippen LogP contribution is -1.91. The van der Waals surface area contributed by atoms with Crippen LogP contribution in [-0.2, 0) is 6.42 Å². The number of pyridine rings is 1. The average molecular weight is 268 g/mol. The molecule has 0 saturated carbocycles. The quantitative estimate of drug-likeness (QED) is 0.752. The number of aromatic nitrogens is 1. The second kappa shape index (κ2) is 7.32. The molecule has 1 aromatic carbocycles. The van der Waals surface area contributed by atoms with Crippen molar-refractivity contribution in [3.05, 3.63) is 40.5 Å². The molecule has 0 radical (unpaired) electrons. The van der Waals surface area contributed by atoms with Gasteiger partial charge in [-0.05, 0) is 37.5 Å². The van der Waals surface area contributed by atoms with Gasteiger partial charge in [-0.1, -0.05) is 36.6 Å². The summed E-state index contributed by atoms with van der Waals surface area (Å²) in [5.74, 6) is 0. The Morgan fingerprint density at radius 3 is 2.67 bits per heavy atom. The number of halogens is 2. The van der Waals surface area contributed by atoms with Gasteiger partial charge in [0.25, 0.3) is 0 Å². The second-order valence-corrected chi connectivity index (χ2v) is 4.60. The Bertz CT molecular complexity index is 511. The van der Waals surface area contributed by atoms with E-state index in [0.29, 0.717) is 7.18 Å². The van der Waals surface area contributed by atoms with Crippen LogP contribution in [0.15, 0.2) is 24.4 Å². The van der Waals surface area contributed by atoms with E-state index >= 15 is 0 Å². The number of aryl methyl sites for hydroxylation is 2. The Kier molecular flexibility index (Phi) is 6.06. The van der Waals surface area contributed by atoms with Crippen molar-refractivity contribution in [1.29, 1.82) is 0 Å². The monoisotopic (exact) mass is 267 g/mol. The highest BCUT2D eigenvalue weighted by molar-refractivity contribution is 6.36. The molecule has 0 unspecified atom stereocenters. The first-order valence-corrected chi connectivity index (χ1v) is 6.51. The standard InChI is InChI=1S/C14H16ClN.CH3F/c1-3-4-5-11-9-16-13-7-6-10(2)8-12(13)14(11)15;1-2/h6-9H,3-5H2,1-2H3;1H3. The molecule has 98 valence electrons. The minimum Gasteiger partial charge on any atom is -0.256 e. The molecule has 1 nitrogen and oxygen atoms in total. The van der Waals surface area contributed by atoms with Gasteiger partial charge in [0.05, 0.1) is 17.7 Å². The van der Waals surface area contributed by atoms with Gasteiger partial charge in [0.2, 0.25) is 0 Å². The molecule has 2 aromatic rings. The average Bonchev–Trinajstić information content (AvgIpc) is 2.41. The highest BCUT2D eigenvalue weighted by Gasteiger charge is 2.06. The molecule has 0 bridgehead atoms. The number of alkyl halides is 1. The largest absolute Gasteiger partial charge is 0.256 e. The van der Waals surface area contributed by atoms with Gasteiger partial charge in [-0.15, -0.1) is 0 Å². The summed E-state index contributed by atoms with van der Waals surface area (Å²) in [6.45, 7) is 4.26. The van der Waals surface area contributed by atoms with Gasteiger partial charge < -0.3 is 0 Å². The van der Waals surface area contributed by atoms with Crippen LogP contribution in [0.4, 0.5) is 4.39 Å². The third-order valence-electron chi connectivity index (χ3n) is 2.83. The molecular weight excluding hydrogens is 249 g/mol. The molecule has 0 N–H and O–H groups in total. The molecule has 0 atom stereocenters. The molecule has 1 aromatic heterocycles.